The summed E-state index contributed by atoms with van der Waals surface area (Å²) in [5.74, 6) is 0. The zero-order valence-electron chi connectivity index (χ0n) is 13.8. The van der Waals surface area contributed by atoms with E-state index in [0.717, 1.165) is 30.0 Å². The van der Waals surface area contributed by atoms with Gasteiger partial charge in [-0.05, 0) is 0 Å². The number of hydrogen-bond acceptors (Lipinski definition) is 3. The maximum absolute atomic E-state index is 5.46. The van der Waals surface area contributed by atoms with Crippen LogP contribution < -0.4 is 12.4 Å². The van der Waals surface area contributed by atoms with E-state index in [0.29, 0.717) is 0 Å². The Bertz CT molecular complexity index is 378. The molecule has 0 aromatic heterocycles. The van der Waals surface area contributed by atoms with Crippen LogP contribution in [0.1, 0.15) is 12.0 Å². The molecule has 0 radical (unpaired) electrons. The number of quaternary nitrogens is 1. The van der Waals surface area contributed by atoms with Gasteiger partial charge in [0.15, 0.2) is 0 Å². The fourth-order valence-corrected chi connectivity index (χ4v) is 4.14. The topological polar surface area (TPSA) is 27.7 Å². The summed E-state index contributed by atoms with van der Waals surface area (Å²) >= 11 is 0. The highest BCUT2D eigenvalue weighted by Gasteiger charge is 2.37. The largest absolute Gasteiger partial charge is 1.00 e. The maximum atomic E-state index is 5.46. The number of benzene rings is 1. The lowest BCUT2D eigenvalue weighted by molar-refractivity contribution is -0.903. The van der Waals surface area contributed by atoms with Gasteiger partial charge in [0.25, 0.3) is 0 Å². The molecule has 0 fully saturated rings. The van der Waals surface area contributed by atoms with Gasteiger partial charge in [-0.3, -0.25) is 0 Å². The molecule has 0 amide bonds. The number of rotatable bonds is 9. The Morgan fingerprint density at radius 3 is 1.95 bits per heavy atom. The van der Waals surface area contributed by atoms with Crippen molar-refractivity contribution >= 4 is 8.80 Å². The van der Waals surface area contributed by atoms with Crippen molar-refractivity contribution in [1.82, 2.24) is 0 Å². The summed E-state index contributed by atoms with van der Waals surface area (Å²) < 4.78 is 17.3. The van der Waals surface area contributed by atoms with Gasteiger partial charge >= 0.3 is 8.80 Å². The Kier molecular flexibility index (Phi) is 9.36. The first-order chi connectivity index (χ1) is 9.47. The molecule has 0 bridgehead atoms. The highest BCUT2D eigenvalue weighted by Crippen LogP contribution is 2.17. The number of halogens is 1. The van der Waals surface area contributed by atoms with Crippen LogP contribution in [0.4, 0.5) is 0 Å². The van der Waals surface area contributed by atoms with Crippen LogP contribution in [0.3, 0.4) is 0 Å². The molecule has 1 rings (SSSR count). The highest BCUT2D eigenvalue weighted by molar-refractivity contribution is 6.60. The molecule has 0 saturated heterocycles. The molecule has 0 saturated carbocycles. The summed E-state index contributed by atoms with van der Waals surface area (Å²) in [6.45, 7) is 2.10. The third-order valence-electron chi connectivity index (χ3n) is 3.63. The first kappa shape index (κ1) is 20.6. The molecule has 0 spiro atoms. The SMILES string of the molecule is CO[Si](CCC[N+](C)(C)Cc1ccccc1)(OC)OC.[Cl-]. The van der Waals surface area contributed by atoms with Crippen LogP contribution in [0.2, 0.25) is 6.04 Å². The Morgan fingerprint density at radius 2 is 1.48 bits per heavy atom. The summed E-state index contributed by atoms with van der Waals surface area (Å²) in [5.41, 5.74) is 1.37. The average Bonchev–Trinajstić information content (AvgIpc) is 2.45. The lowest BCUT2D eigenvalue weighted by Gasteiger charge is -2.31. The molecule has 6 heteroatoms. The third kappa shape index (κ3) is 6.91. The van der Waals surface area contributed by atoms with Crippen LogP contribution in [0.5, 0.6) is 0 Å². The minimum absolute atomic E-state index is 0. The fraction of sp³-hybridized carbons (Fsp3) is 0.600. The van der Waals surface area contributed by atoms with Gasteiger partial charge in [-0.25, -0.2) is 0 Å². The van der Waals surface area contributed by atoms with Crippen LogP contribution in [-0.2, 0) is 19.8 Å². The lowest BCUT2D eigenvalue weighted by Crippen LogP contribution is -3.00. The van der Waals surface area contributed by atoms with Crippen molar-refractivity contribution in [3.8, 4) is 0 Å². The normalized spacial score (nSPS) is 12.0. The smallest absolute Gasteiger partial charge is 0.500 e. The third-order valence-corrected chi connectivity index (χ3v) is 6.46. The summed E-state index contributed by atoms with van der Waals surface area (Å²) in [5, 5.41) is 0. The van der Waals surface area contributed by atoms with Gasteiger partial charge in [-0.15, -0.1) is 0 Å². The minimum Gasteiger partial charge on any atom is -1.00 e. The van der Waals surface area contributed by atoms with E-state index < -0.39 is 8.80 Å². The fourth-order valence-electron chi connectivity index (χ4n) is 2.44. The average molecular weight is 334 g/mol. The van der Waals surface area contributed by atoms with Crippen LogP contribution in [0.15, 0.2) is 30.3 Å². The van der Waals surface area contributed by atoms with E-state index in [2.05, 4.69) is 44.4 Å². The van der Waals surface area contributed by atoms with Crippen molar-refractivity contribution in [3.63, 3.8) is 0 Å². The van der Waals surface area contributed by atoms with Gasteiger partial charge in [0.05, 0.1) is 20.6 Å². The molecule has 0 atom stereocenters. The molecule has 0 heterocycles. The Hall–Kier alpha value is -0.433. The van der Waals surface area contributed by atoms with Crippen LogP contribution in [0.25, 0.3) is 0 Å². The van der Waals surface area contributed by atoms with E-state index in [4.69, 9.17) is 13.3 Å². The molecule has 0 aliphatic carbocycles. The van der Waals surface area contributed by atoms with Crippen molar-refractivity contribution in [2.24, 2.45) is 0 Å². The van der Waals surface area contributed by atoms with Crippen molar-refractivity contribution < 1.29 is 30.2 Å². The Balaban J connectivity index is 0.00000400. The van der Waals surface area contributed by atoms with Gasteiger partial charge in [-0.1, -0.05) is 30.3 Å². The van der Waals surface area contributed by atoms with Gasteiger partial charge in [0, 0.05) is 39.4 Å². The second-order valence-corrected chi connectivity index (χ2v) is 8.79. The molecule has 0 unspecified atom stereocenters. The highest BCUT2D eigenvalue weighted by atomic mass is 35.5. The van der Waals surface area contributed by atoms with E-state index in [1.165, 1.54) is 5.56 Å². The molecule has 0 aliphatic heterocycles. The van der Waals surface area contributed by atoms with Gasteiger partial charge < -0.3 is 30.2 Å². The number of nitrogens with zero attached hydrogens (tertiary/aromatic N) is 1. The quantitative estimate of drug-likeness (QED) is 0.452. The molecule has 0 aliphatic rings. The molecular formula is C15H28ClNO3Si. The van der Waals surface area contributed by atoms with Gasteiger partial charge in [-0.2, -0.15) is 0 Å². The second-order valence-electron chi connectivity index (χ2n) is 5.70. The number of hydrogen-bond donors (Lipinski definition) is 0. The van der Waals surface area contributed by atoms with E-state index in [1.54, 1.807) is 21.3 Å². The molecule has 1 aromatic rings. The summed E-state index contributed by atoms with van der Waals surface area (Å²) in [6, 6.07) is 11.4. The zero-order valence-corrected chi connectivity index (χ0v) is 15.5. The summed E-state index contributed by atoms with van der Waals surface area (Å²) in [6.07, 6.45) is 1.03. The van der Waals surface area contributed by atoms with E-state index >= 15 is 0 Å². The van der Waals surface area contributed by atoms with Gasteiger partial charge in [0.2, 0.25) is 0 Å². The lowest BCUT2D eigenvalue weighted by atomic mass is 10.2. The molecule has 122 valence electrons. The van der Waals surface area contributed by atoms with Crippen LogP contribution in [-0.4, -0.2) is 55.3 Å². The predicted molar refractivity (Wildman–Crippen MR) is 83.3 cm³/mol. The van der Waals surface area contributed by atoms with Crippen molar-refractivity contribution in [2.75, 3.05) is 42.0 Å². The molecular weight excluding hydrogens is 306 g/mol. The van der Waals surface area contributed by atoms with E-state index in [1.807, 2.05) is 0 Å². The Labute approximate surface area is 136 Å². The van der Waals surface area contributed by atoms with Crippen LogP contribution in [0, 0.1) is 0 Å². The molecule has 1 aromatic carbocycles. The molecule has 21 heavy (non-hydrogen) atoms. The second kappa shape index (κ2) is 9.56. The predicted octanol–water partition coefficient (Wildman–Crippen LogP) is -0.465. The van der Waals surface area contributed by atoms with E-state index in [9.17, 15) is 0 Å². The van der Waals surface area contributed by atoms with Crippen molar-refractivity contribution in [2.45, 2.75) is 19.0 Å². The van der Waals surface area contributed by atoms with E-state index in [-0.39, 0.29) is 12.4 Å². The summed E-state index contributed by atoms with van der Waals surface area (Å²) in [4.78, 5) is 0. The first-order valence-corrected chi connectivity index (χ1v) is 8.91. The van der Waals surface area contributed by atoms with Crippen molar-refractivity contribution in [1.29, 1.82) is 0 Å². The standard InChI is InChI=1S/C15H28NO3Si.ClH/c1-16(2,14-15-10-7-6-8-11-15)12-9-13-20(17-3,18-4)19-5;/h6-8,10-11H,9,12-14H2,1-5H3;1H/q+1;/p-1. The summed E-state index contributed by atoms with van der Waals surface area (Å²) in [7, 11) is 7.10. The first-order valence-electron chi connectivity index (χ1n) is 6.98. The van der Waals surface area contributed by atoms with Crippen molar-refractivity contribution in [3.05, 3.63) is 35.9 Å². The molecule has 0 N–H and O–H groups in total. The minimum atomic E-state index is -2.42. The maximum Gasteiger partial charge on any atom is 0.500 e. The Morgan fingerprint density at radius 1 is 0.952 bits per heavy atom. The van der Waals surface area contributed by atoms with Gasteiger partial charge in [0.1, 0.15) is 6.54 Å². The zero-order chi connectivity index (χ0) is 15.1. The monoisotopic (exact) mass is 333 g/mol. The molecule has 4 nitrogen and oxygen atoms in total. The van der Waals surface area contributed by atoms with Crippen LogP contribution >= 0.6 is 0 Å².